The standard InChI is InChI=1S/C12H19BrN2S/c1-9-3-2-4-15(7-9)11(6-14)12-5-10(13)8-16-12/h5,8-9,11H,2-4,6-7,14H2,1H3. The van der Waals surface area contributed by atoms with E-state index < -0.39 is 0 Å². The van der Waals surface area contributed by atoms with Crippen molar-refractivity contribution in [1.82, 2.24) is 4.90 Å². The maximum atomic E-state index is 5.94. The van der Waals surface area contributed by atoms with Crippen LogP contribution in [-0.2, 0) is 0 Å². The smallest absolute Gasteiger partial charge is 0.0564 e. The van der Waals surface area contributed by atoms with Gasteiger partial charge in [0.2, 0.25) is 0 Å². The van der Waals surface area contributed by atoms with Gasteiger partial charge in [-0.05, 0) is 47.3 Å². The van der Waals surface area contributed by atoms with Crippen LogP contribution in [0.5, 0.6) is 0 Å². The molecule has 1 aliphatic heterocycles. The zero-order valence-electron chi connectivity index (χ0n) is 9.66. The normalized spacial score (nSPS) is 24.6. The third-order valence-corrected chi connectivity index (χ3v) is 5.06. The molecule has 0 saturated carbocycles. The van der Waals surface area contributed by atoms with Crippen molar-refractivity contribution < 1.29 is 0 Å². The van der Waals surface area contributed by atoms with E-state index in [1.165, 1.54) is 35.3 Å². The lowest BCUT2D eigenvalue weighted by atomic mass is 9.98. The summed E-state index contributed by atoms with van der Waals surface area (Å²) in [6, 6.07) is 2.63. The predicted molar refractivity (Wildman–Crippen MR) is 73.8 cm³/mol. The minimum absolute atomic E-state index is 0.416. The van der Waals surface area contributed by atoms with Crippen molar-refractivity contribution in [3.8, 4) is 0 Å². The number of halogens is 1. The van der Waals surface area contributed by atoms with Gasteiger partial charge in [-0.2, -0.15) is 0 Å². The van der Waals surface area contributed by atoms with Gasteiger partial charge in [0.05, 0.1) is 6.04 Å². The molecule has 1 aromatic heterocycles. The highest BCUT2D eigenvalue weighted by Gasteiger charge is 2.24. The Kier molecular flexibility index (Phi) is 4.41. The fourth-order valence-electron chi connectivity index (χ4n) is 2.46. The molecule has 2 N–H and O–H groups in total. The Morgan fingerprint density at radius 1 is 1.69 bits per heavy atom. The lowest BCUT2D eigenvalue weighted by Crippen LogP contribution is -2.40. The molecule has 16 heavy (non-hydrogen) atoms. The summed E-state index contributed by atoms with van der Waals surface area (Å²) in [5.74, 6) is 0.811. The molecule has 2 rings (SSSR count). The topological polar surface area (TPSA) is 29.3 Å². The van der Waals surface area contributed by atoms with E-state index in [4.69, 9.17) is 5.73 Å². The summed E-state index contributed by atoms with van der Waals surface area (Å²) in [4.78, 5) is 3.94. The van der Waals surface area contributed by atoms with Gasteiger partial charge in [0.25, 0.3) is 0 Å². The molecule has 0 aliphatic carbocycles. The highest BCUT2D eigenvalue weighted by molar-refractivity contribution is 9.10. The number of thiophene rings is 1. The van der Waals surface area contributed by atoms with E-state index in [0.717, 1.165) is 12.5 Å². The van der Waals surface area contributed by atoms with Gasteiger partial charge >= 0.3 is 0 Å². The molecular weight excluding hydrogens is 284 g/mol. The summed E-state index contributed by atoms with van der Waals surface area (Å²) in [5.41, 5.74) is 5.94. The van der Waals surface area contributed by atoms with Gasteiger partial charge in [-0.25, -0.2) is 0 Å². The Labute approximate surface area is 110 Å². The van der Waals surface area contributed by atoms with Crippen molar-refractivity contribution in [2.45, 2.75) is 25.8 Å². The van der Waals surface area contributed by atoms with Crippen molar-refractivity contribution in [2.24, 2.45) is 11.7 Å². The number of piperidine rings is 1. The Hall–Kier alpha value is 0.1000. The van der Waals surface area contributed by atoms with E-state index in [-0.39, 0.29) is 0 Å². The van der Waals surface area contributed by atoms with Crippen LogP contribution < -0.4 is 5.73 Å². The first-order valence-electron chi connectivity index (χ1n) is 5.88. The van der Waals surface area contributed by atoms with Gasteiger partial charge in [0.1, 0.15) is 0 Å². The van der Waals surface area contributed by atoms with Crippen LogP contribution in [-0.4, -0.2) is 24.5 Å². The number of rotatable bonds is 3. The van der Waals surface area contributed by atoms with Crippen LogP contribution in [0.15, 0.2) is 15.9 Å². The second-order valence-electron chi connectivity index (χ2n) is 4.66. The summed E-state index contributed by atoms with van der Waals surface area (Å²) in [7, 11) is 0. The van der Waals surface area contributed by atoms with Gasteiger partial charge in [0.15, 0.2) is 0 Å². The van der Waals surface area contributed by atoms with Crippen LogP contribution in [0.4, 0.5) is 0 Å². The number of nitrogens with zero attached hydrogens (tertiary/aromatic N) is 1. The van der Waals surface area contributed by atoms with Gasteiger partial charge in [-0.3, -0.25) is 4.90 Å². The Morgan fingerprint density at radius 2 is 2.50 bits per heavy atom. The molecule has 0 spiro atoms. The molecule has 2 unspecified atom stereocenters. The molecule has 2 nitrogen and oxygen atoms in total. The maximum absolute atomic E-state index is 5.94. The van der Waals surface area contributed by atoms with E-state index in [2.05, 4.69) is 39.2 Å². The Morgan fingerprint density at radius 3 is 3.06 bits per heavy atom. The first-order valence-corrected chi connectivity index (χ1v) is 7.56. The minimum Gasteiger partial charge on any atom is -0.329 e. The van der Waals surface area contributed by atoms with Crippen LogP contribution in [0, 0.1) is 5.92 Å². The van der Waals surface area contributed by atoms with Gasteiger partial charge in [-0.1, -0.05) is 6.92 Å². The van der Waals surface area contributed by atoms with E-state index >= 15 is 0 Å². The number of nitrogens with two attached hydrogens (primary N) is 1. The van der Waals surface area contributed by atoms with Crippen LogP contribution in [0.2, 0.25) is 0 Å². The predicted octanol–water partition coefficient (Wildman–Crippen LogP) is 3.24. The van der Waals surface area contributed by atoms with Gasteiger partial charge in [0, 0.05) is 27.8 Å². The van der Waals surface area contributed by atoms with Crippen molar-refractivity contribution in [2.75, 3.05) is 19.6 Å². The molecule has 1 aliphatic rings. The Bertz CT molecular complexity index is 340. The third-order valence-electron chi connectivity index (χ3n) is 3.27. The number of likely N-dealkylation sites (tertiary alicyclic amines) is 1. The molecule has 90 valence electrons. The number of hydrogen-bond acceptors (Lipinski definition) is 3. The molecule has 1 fully saturated rings. The summed E-state index contributed by atoms with van der Waals surface area (Å²) in [5, 5.41) is 2.14. The van der Waals surface area contributed by atoms with Crippen molar-refractivity contribution >= 4 is 27.3 Å². The largest absolute Gasteiger partial charge is 0.329 e. The maximum Gasteiger partial charge on any atom is 0.0564 e. The van der Waals surface area contributed by atoms with E-state index in [0.29, 0.717) is 6.04 Å². The lowest BCUT2D eigenvalue weighted by molar-refractivity contribution is 0.135. The second-order valence-corrected chi connectivity index (χ2v) is 6.52. The molecule has 1 saturated heterocycles. The molecule has 0 bridgehead atoms. The summed E-state index contributed by atoms with van der Waals surface area (Å²) >= 11 is 5.33. The van der Waals surface area contributed by atoms with E-state index in [9.17, 15) is 0 Å². The average Bonchev–Trinajstić information content (AvgIpc) is 2.66. The summed E-state index contributed by atoms with van der Waals surface area (Å²) in [6.45, 7) is 5.45. The third kappa shape index (κ3) is 2.86. The lowest BCUT2D eigenvalue weighted by Gasteiger charge is -2.36. The van der Waals surface area contributed by atoms with Gasteiger partial charge < -0.3 is 5.73 Å². The van der Waals surface area contributed by atoms with E-state index in [1.807, 2.05) is 11.3 Å². The van der Waals surface area contributed by atoms with Crippen molar-refractivity contribution in [1.29, 1.82) is 0 Å². The SMILES string of the molecule is CC1CCCN(C(CN)c2cc(Br)cs2)C1. The first kappa shape index (κ1) is 12.6. The monoisotopic (exact) mass is 302 g/mol. The molecule has 0 amide bonds. The molecule has 4 heteroatoms. The van der Waals surface area contributed by atoms with Crippen molar-refractivity contribution in [3.05, 3.63) is 20.8 Å². The Balaban J connectivity index is 2.09. The average molecular weight is 303 g/mol. The molecule has 2 atom stereocenters. The fraction of sp³-hybridized carbons (Fsp3) is 0.667. The molecule has 1 aromatic rings. The minimum atomic E-state index is 0.416. The van der Waals surface area contributed by atoms with Crippen LogP contribution in [0.1, 0.15) is 30.7 Å². The second kappa shape index (κ2) is 5.63. The molecule has 0 radical (unpaired) electrons. The van der Waals surface area contributed by atoms with Crippen LogP contribution in [0.25, 0.3) is 0 Å². The highest BCUT2D eigenvalue weighted by atomic mass is 79.9. The van der Waals surface area contributed by atoms with Crippen molar-refractivity contribution in [3.63, 3.8) is 0 Å². The quantitative estimate of drug-likeness (QED) is 0.929. The zero-order valence-corrected chi connectivity index (χ0v) is 12.1. The summed E-state index contributed by atoms with van der Waals surface area (Å²) in [6.07, 6.45) is 2.67. The molecule has 2 heterocycles. The van der Waals surface area contributed by atoms with Crippen LogP contribution >= 0.6 is 27.3 Å². The molecular formula is C12H19BrN2S. The number of hydrogen-bond donors (Lipinski definition) is 1. The molecule has 0 aromatic carbocycles. The highest BCUT2D eigenvalue weighted by Crippen LogP contribution is 2.31. The van der Waals surface area contributed by atoms with Gasteiger partial charge in [-0.15, -0.1) is 11.3 Å². The fourth-order valence-corrected chi connectivity index (χ4v) is 4.05. The summed E-state index contributed by atoms with van der Waals surface area (Å²) < 4.78 is 1.18. The van der Waals surface area contributed by atoms with Crippen LogP contribution in [0.3, 0.4) is 0 Å². The van der Waals surface area contributed by atoms with E-state index in [1.54, 1.807) is 0 Å². The first-order chi connectivity index (χ1) is 7.70. The zero-order chi connectivity index (χ0) is 11.5.